The molecular formula is C20H27N3O5S. The number of nitriles is 1. The smallest absolute Gasteiger partial charge is 0.338 e. The van der Waals surface area contributed by atoms with Gasteiger partial charge in [0, 0.05) is 13.1 Å². The first-order valence-corrected chi connectivity index (χ1v) is 11.0. The van der Waals surface area contributed by atoms with E-state index in [4.69, 9.17) is 4.74 Å². The van der Waals surface area contributed by atoms with Gasteiger partial charge in [0.15, 0.2) is 6.61 Å². The number of ether oxygens (including phenoxy) is 1. The van der Waals surface area contributed by atoms with Crippen LogP contribution in [-0.4, -0.2) is 49.8 Å². The van der Waals surface area contributed by atoms with Crippen LogP contribution in [0.2, 0.25) is 0 Å². The highest BCUT2D eigenvalue weighted by Gasteiger charge is 2.43. The highest BCUT2D eigenvalue weighted by atomic mass is 32.2. The fourth-order valence-corrected chi connectivity index (χ4v) is 4.60. The quantitative estimate of drug-likeness (QED) is 0.610. The number of nitrogens with zero attached hydrogens (tertiary/aromatic N) is 2. The van der Waals surface area contributed by atoms with Crippen LogP contribution in [0.1, 0.15) is 49.5 Å². The number of sulfonamides is 1. The van der Waals surface area contributed by atoms with Crippen molar-refractivity contribution in [1.29, 1.82) is 5.26 Å². The van der Waals surface area contributed by atoms with Crippen LogP contribution in [0, 0.1) is 24.2 Å². The van der Waals surface area contributed by atoms with Crippen LogP contribution < -0.4 is 5.32 Å². The van der Waals surface area contributed by atoms with E-state index in [1.807, 2.05) is 0 Å². The second-order valence-corrected chi connectivity index (χ2v) is 9.22. The third kappa shape index (κ3) is 5.14. The number of hydrogen-bond acceptors (Lipinski definition) is 6. The molecule has 0 unspecified atom stereocenters. The Morgan fingerprint density at radius 3 is 2.45 bits per heavy atom. The Hall–Kier alpha value is -2.44. The summed E-state index contributed by atoms with van der Waals surface area (Å²) >= 11 is 0. The van der Waals surface area contributed by atoms with Crippen LogP contribution in [0.25, 0.3) is 0 Å². The minimum absolute atomic E-state index is 0.00556. The van der Waals surface area contributed by atoms with Crippen LogP contribution in [0.5, 0.6) is 0 Å². The number of esters is 1. The average molecular weight is 422 g/mol. The van der Waals surface area contributed by atoms with Crippen molar-refractivity contribution in [1.82, 2.24) is 9.62 Å². The van der Waals surface area contributed by atoms with Crippen molar-refractivity contribution in [2.24, 2.45) is 5.92 Å². The molecule has 0 aliphatic heterocycles. The molecule has 0 heterocycles. The van der Waals surface area contributed by atoms with Crippen molar-refractivity contribution in [3.05, 3.63) is 29.3 Å². The number of carbonyl (C=O) groups is 2. The maximum Gasteiger partial charge on any atom is 0.338 e. The fraction of sp³-hybridized carbons (Fsp3) is 0.550. The molecule has 1 fully saturated rings. The van der Waals surface area contributed by atoms with E-state index >= 15 is 0 Å². The number of benzene rings is 1. The molecule has 1 amide bonds. The summed E-state index contributed by atoms with van der Waals surface area (Å²) in [7, 11) is -3.73. The molecule has 0 spiro atoms. The first kappa shape index (κ1) is 22.8. The highest BCUT2D eigenvalue weighted by Crippen LogP contribution is 2.39. The molecule has 0 radical (unpaired) electrons. The third-order valence-corrected chi connectivity index (χ3v) is 7.18. The van der Waals surface area contributed by atoms with Crippen molar-refractivity contribution >= 4 is 21.9 Å². The zero-order valence-corrected chi connectivity index (χ0v) is 18.0. The number of aryl methyl sites for hydroxylation is 1. The molecule has 8 nitrogen and oxygen atoms in total. The summed E-state index contributed by atoms with van der Waals surface area (Å²) < 4.78 is 31.7. The molecule has 2 rings (SSSR count). The van der Waals surface area contributed by atoms with Gasteiger partial charge in [-0.15, -0.1) is 0 Å². The topological polar surface area (TPSA) is 117 Å². The Morgan fingerprint density at radius 1 is 1.31 bits per heavy atom. The maximum atomic E-state index is 12.7. The molecule has 0 bridgehead atoms. The van der Waals surface area contributed by atoms with Crippen LogP contribution in [0.3, 0.4) is 0 Å². The molecule has 1 aromatic rings. The van der Waals surface area contributed by atoms with Gasteiger partial charge in [-0.1, -0.05) is 19.9 Å². The standard InChI is InChI=1S/C20H27N3O5S/c1-5-23(6-2)29(26,27)16-10-7-14(3)17(11-16)19(25)28-12-18(24)22-20(4,13-21)15-8-9-15/h7,10-11,15H,5-6,8-9,12H2,1-4H3,(H,22,24)/t20-/m0/s1. The van der Waals surface area contributed by atoms with Crippen LogP contribution >= 0.6 is 0 Å². The summed E-state index contributed by atoms with van der Waals surface area (Å²) in [6.45, 7) is 6.85. The summed E-state index contributed by atoms with van der Waals surface area (Å²) in [5, 5.41) is 11.9. The Balaban J connectivity index is 2.11. The zero-order valence-electron chi connectivity index (χ0n) is 17.2. The Labute approximate surface area is 171 Å². The molecular weight excluding hydrogens is 394 g/mol. The summed E-state index contributed by atoms with van der Waals surface area (Å²) in [6, 6.07) is 6.35. The van der Waals surface area contributed by atoms with Crippen molar-refractivity contribution < 1.29 is 22.7 Å². The minimum Gasteiger partial charge on any atom is -0.452 e. The average Bonchev–Trinajstić information content (AvgIpc) is 3.52. The van der Waals surface area contributed by atoms with Crippen molar-refractivity contribution in [2.75, 3.05) is 19.7 Å². The molecule has 0 saturated heterocycles. The van der Waals surface area contributed by atoms with E-state index in [1.54, 1.807) is 27.7 Å². The van der Waals surface area contributed by atoms with E-state index in [-0.39, 0.29) is 16.4 Å². The van der Waals surface area contributed by atoms with Crippen LogP contribution in [0.4, 0.5) is 0 Å². The summed E-state index contributed by atoms with van der Waals surface area (Å²) in [6.07, 6.45) is 1.74. The first-order valence-electron chi connectivity index (χ1n) is 9.59. The van der Waals surface area contributed by atoms with Gasteiger partial charge in [0.1, 0.15) is 5.54 Å². The Morgan fingerprint density at radius 2 is 1.93 bits per heavy atom. The van der Waals surface area contributed by atoms with Gasteiger partial charge in [0.25, 0.3) is 5.91 Å². The lowest BCUT2D eigenvalue weighted by Crippen LogP contribution is -2.48. The number of carbonyl (C=O) groups excluding carboxylic acids is 2. The predicted octanol–water partition coefficient (Wildman–Crippen LogP) is 1.99. The molecule has 1 aromatic carbocycles. The molecule has 1 atom stereocenters. The summed E-state index contributed by atoms with van der Waals surface area (Å²) in [5.41, 5.74) is -0.359. The van der Waals surface area contributed by atoms with E-state index in [2.05, 4.69) is 11.4 Å². The lowest BCUT2D eigenvalue weighted by molar-refractivity contribution is -0.125. The molecule has 1 aliphatic rings. The molecule has 29 heavy (non-hydrogen) atoms. The van der Waals surface area contributed by atoms with E-state index in [0.717, 1.165) is 12.8 Å². The van der Waals surface area contributed by atoms with Crippen molar-refractivity contribution in [3.8, 4) is 6.07 Å². The van der Waals surface area contributed by atoms with Gasteiger partial charge < -0.3 is 10.1 Å². The lowest BCUT2D eigenvalue weighted by Gasteiger charge is -2.22. The van der Waals surface area contributed by atoms with Gasteiger partial charge in [-0.3, -0.25) is 4.79 Å². The first-order chi connectivity index (χ1) is 13.6. The second-order valence-electron chi connectivity index (χ2n) is 7.28. The number of amides is 1. The van der Waals surface area contributed by atoms with E-state index in [9.17, 15) is 23.3 Å². The summed E-state index contributed by atoms with van der Waals surface area (Å²) in [4.78, 5) is 24.6. The van der Waals surface area contributed by atoms with E-state index < -0.39 is 34.0 Å². The molecule has 0 aromatic heterocycles. The normalized spacial score (nSPS) is 16.0. The SMILES string of the molecule is CCN(CC)S(=O)(=O)c1ccc(C)c(C(=O)OCC(=O)N[C@@](C)(C#N)C2CC2)c1. The molecule has 1 saturated carbocycles. The van der Waals surface area contributed by atoms with Gasteiger partial charge >= 0.3 is 5.97 Å². The van der Waals surface area contributed by atoms with Gasteiger partial charge in [0.2, 0.25) is 10.0 Å². The number of nitrogens with one attached hydrogen (secondary N) is 1. The lowest BCUT2D eigenvalue weighted by atomic mass is 9.98. The Kier molecular flexibility index (Phi) is 7.03. The van der Waals surface area contributed by atoms with Gasteiger partial charge in [-0.2, -0.15) is 9.57 Å². The fourth-order valence-electron chi connectivity index (χ4n) is 3.11. The maximum absolute atomic E-state index is 12.7. The third-order valence-electron chi connectivity index (χ3n) is 5.13. The molecule has 9 heteroatoms. The van der Waals surface area contributed by atoms with E-state index in [0.29, 0.717) is 18.7 Å². The van der Waals surface area contributed by atoms with Gasteiger partial charge in [-0.25, -0.2) is 13.2 Å². The van der Waals surface area contributed by atoms with Crippen molar-refractivity contribution in [3.63, 3.8) is 0 Å². The van der Waals surface area contributed by atoms with Crippen molar-refractivity contribution in [2.45, 2.75) is 51.0 Å². The second kappa shape index (κ2) is 8.93. The Bertz CT molecular complexity index is 930. The largest absolute Gasteiger partial charge is 0.452 e. The molecule has 1 aliphatic carbocycles. The number of hydrogen-bond donors (Lipinski definition) is 1. The zero-order chi connectivity index (χ0) is 21.8. The monoisotopic (exact) mass is 421 g/mol. The molecule has 1 N–H and O–H groups in total. The predicted molar refractivity (Wildman–Crippen MR) is 106 cm³/mol. The highest BCUT2D eigenvalue weighted by molar-refractivity contribution is 7.89. The molecule has 158 valence electrons. The van der Waals surface area contributed by atoms with Gasteiger partial charge in [-0.05, 0) is 50.3 Å². The number of rotatable bonds is 9. The van der Waals surface area contributed by atoms with Crippen LogP contribution in [-0.2, 0) is 19.6 Å². The van der Waals surface area contributed by atoms with Crippen LogP contribution in [0.15, 0.2) is 23.1 Å². The van der Waals surface area contributed by atoms with Gasteiger partial charge in [0.05, 0.1) is 16.5 Å². The summed E-state index contributed by atoms with van der Waals surface area (Å²) in [5.74, 6) is -1.26. The van der Waals surface area contributed by atoms with E-state index in [1.165, 1.54) is 22.5 Å². The minimum atomic E-state index is -3.73.